The van der Waals surface area contributed by atoms with Crippen molar-refractivity contribution in [3.05, 3.63) is 29.8 Å². The molecule has 0 spiro atoms. The average molecular weight is 234 g/mol. The number of para-hydroxylation sites is 1. The number of hydrogen-bond donors (Lipinski definition) is 1. The van der Waals surface area contributed by atoms with Gasteiger partial charge in [0.05, 0.1) is 7.11 Å². The van der Waals surface area contributed by atoms with Crippen LogP contribution < -0.4 is 10.5 Å². The second kappa shape index (κ2) is 5.52. The van der Waals surface area contributed by atoms with Crippen molar-refractivity contribution in [1.82, 2.24) is 4.90 Å². The van der Waals surface area contributed by atoms with E-state index < -0.39 is 0 Å². The molecule has 2 N–H and O–H groups in total. The van der Waals surface area contributed by atoms with Gasteiger partial charge in [0.2, 0.25) is 0 Å². The zero-order valence-electron chi connectivity index (χ0n) is 10.7. The molecule has 1 aromatic rings. The number of nitrogens with zero attached hydrogens (tertiary/aromatic N) is 1. The molecule has 94 valence electrons. The minimum Gasteiger partial charge on any atom is -0.496 e. The summed E-state index contributed by atoms with van der Waals surface area (Å²) in [6, 6.07) is 8.86. The van der Waals surface area contributed by atoms with E-state index in [9.17, 15) is 0 Å². The second-order valence-electron chi connectivity index (χ2n) is 4.93. The van der Waals surface area contributed by atoms with Gasteiger partial charge in [0, 0.05) is 24.7 Å². The lowest BCUT2D eigenvalue weighted by Gasteiger charge is -2.22. The van der Waals surface area contributed by atoms with Crippen LogP contribution in [0.5, 0.6) is 5.75 Å². The number of rotatable bonds is 4. The van der Waals surface area contributed by atoms with Crippen LogP contribution in [0.4, 0.5) is 0 Å². The summed E-state index contributed by atoms with van der Waals surface area (Å²) < 4.78 is 5.39. The molecule has 1 aliphatic heterocycles. The van der Waals surface area contributed by atoms with Crippen molar-refractivity contribution in [2.75, 3.05) is 20.2 Å². The molecule has 3 nitrogen and oxygen atoms in total. The van der Waals surface area contributed by atoms with E-state index in [4.69, 9.17) is 10.5 Å². The Morgan fingerprint density at radius 1 is 1.41 bits per heavy atom. The molecule has 1 aliphatic rings. The predicted molar refractivity (Wildman–Crippen MR) is 70.0 cm³/mol. The average Bonchev–Trinajstić information content (AvgIpc) is 2.71. The summed E-state index contributed by atoms with van der Waals surface area (Å²) in [5, 5.41) is 0. The van der Waals surface area contributed by atoms with E-state index in [-0.39, 0.29) is 0 Å². The molecule has 1 fully saturated rings. The van der Waals surface area contributed by atoms with Gasteiger partial charge in [0.1, 0.15) is 5.75 Å². The van der Waals surface area contributed by atoms with Crippen LogP contribution in [-0.2, 0) is 6.54 Å². The Morgan fingerprint density at radius 2 is 2.18 bits per heavy atom. The number of benzene rings is 1. The van der Waals surface area contributed by atoms with Gasteiger partial charge in [-0.3, -0.25) is 4.90 Å². The first-order valence-corrected chi connectivity index (χ1v) is 6.30. The Hall–Kier alpha value is -1.06. The van der Waals surface area contributed by atoms with Crippen LogP contribution in [0.25, 0.3) is 0 Å². The molecule has 2 atom stereocenters. The third kappa shape index (κ3) is 2.79. The Morgan fingerprint density at radius 3 is 2.82 bits per heavy atom. The van der Waals surface area contributed by atoms with Gasteiger partial charge in [0.25, 0.3) is 0 Å². The van der Waals surface area contributed by atoms with Gasteiger partial charge in [-0.05, 0) is 31.9 Å². The van der Waals surface area contributed by atoms with Crippen LogP contribution in [0.15, 0.2) is 24.3 Å². The SMILES string of the molecule is COc1ccccc1CN1CC(CN)CC1C. The molecule has 1 aromatic carbocycles. The molecule has 0 radical (unpaired) electrons. The fourth-order valence-corrected chi connectivity index (χ4v) is 2.66. The highest BCUT2D eigenvalue weighted by Gasteiger charge is 2.28. The van der Waals surface area contributed by atoms with Gasteiger partial charge >= 0.3 is 0 Å². The van der Waals surface area contributed by atoms with E-state index in [0.717, 1.165) is 25.4 Å². The first-order chi connectivity index (χ1) is 8.24. The first-order valence-electron chi connectivity index (χ1n) is 6.30. The van der Waals surface area contributed by atoms with Gasteiger partial charge in [-0.15, -0.1) is 0 Å². The molecule has 0 bridgehead atoms. The van der Waals surface area contributed by atoms with Crippen LogP contribution in [-0.4, -0.2) is 31.1 Å². The molecule has 2 rings (SSSR count). The Bertz CT molecular complexity index is 367. The Kier molecular flexibility index (Phi) is 4.02. The van der Waals surface area contributed by atoms with Crippen molar-refractivity contribution in [2.24, 2.45) is 11.7 Å². The van der Waals surface area contributed by atoms with E-state index in [2.05, 4.69) is 24.0 Å². The molecular weight excluding hydrogens is 212 g/mol. The summed E-state index contributed by atoms with van der Waals surface area (Å²) in [6.45, 7) is 5.15. The molecule has 2 unspecified atom stereocenters. The van der Waals surface area contributed by atoms with Gasteiger partial charge < -0.3 is 10.5 Å². The summed E-state index contributed by atoms with van der Waals surface area (Å²) in [6.07, 6.45) is 1.21. The van der Waals surface area contributed by atoms with Crippen molar-refractivity contribution < 1.29 is 4.74 Å². The van der Waals surface area contributed by atoms with E-state index in [1.54, 1.807) is 7.11 Å². The van der Waals surface area contributed by atoms with Crippen LogP contribution in [0.2, 0.25) is 0 Å². The number of methoxy groups -OCH3 is 1. The Labute approximate surface area is 104 Å². The van der Waals surface area contributed by atoms with Crippen molar-refractivity contribution in [2.45, 2.75) is 25.9 Å². The van der Waals surface area contributed by atoms with Crippen molar-refractivity contribution >= 4 is 0 Å². The number of hydrogen-bond acceptors (Lipinski definition) is 3. The summed E-state index contributed by atoms with van der Waals surface area (Å²) in [4.78, 5) is 2.50. The molecule has 0 aromatic heterocycles. The van der Waals surface area contributed by atoms with Crippen molar-refractivity contribution in [1.29, 1.82) is 0 Å². The van der Waals surface area contributed by atoms with Crippen LogP contribution in [0.1, 0.15) is 18.9 Å². The topological polar surface area (TPSA) is 38.5 Å². The van der Waals surface area contributed by atoms with Crippen molar-refractivity contribution in [3.8, 4) is 5.75 Å². The number of likely N-dealkylation sites (tertiary alicyclic amines) is 1. The highest BCUT2D eigenvalue weighted by Crippen LogP contribution is 2.27. The van der Waals surface area contributed by atoms with Gasteiger partial charge in [-0.25, -0.2) is 0 Å². The summed E-state index contributed by atoms with van der Waals surface area (Å²) in [5.41, 5.74) is 7.02. The van der Waals surface area contributed by atoms with Crippen molar-refractivity contribution in [3.63, 3.8) is 0 Å². The third-order valence-corrected chi connectivity index (χ3v) is 3.69. The largest absolute Gasteiger partial charge is 0.496 e. The molecule has 1 saturated heterocycles. The Balaban J connectivity index is 2.05. The highest BCUT2D eigenvalue weighted by molar-refractivity contribution is 5.33. The third-order valence-electron chi connectivity index (χ3n) is 3.69. The lowest BCUT2D eigenvalue weighted by Crippen LogP contribution is -2.27. The van der Waals surface area contributed by atoms with Crippen LogP contribution in [0, 0.1) is 5.92 Å². The minimum atomic E-state index is 0.619. The number of nitrogens with two attached hydrogens (primary N) is 1. The lowest BCUT2D eigenvalue weighted by molar-refractivity contribution is 0.251. The molecule has 1 heterocycles. The summed E-state index contributed by atoms with van der Waals surface area (Å²) >= 11 is 0. The minimum absolute atomic E-state index is 0.619. The van der Waals surface area contributed by atoms with Gasteiger partial charge in [0.15, 0.2) is 0 Å². The molecule has 0 amide bonds. The van der Waals surface area contributed by atoms with Crippen LogP contribution >= 0.6 is 0 Å². The van der Waals surface area contributed by atoms with Gasteiger partial charge in [-0.2, -0.15) is 0 Å². The number of ether oxygens (including phenoxy) is 1. The standard InChI is InChI=1S/C14H22N2O/c1-11-7-12(8-15)9-16(11)10-13-5-3-4-6-14(13)17-2/h3-6,11-12H,7-10,15H2,1-2H3. The summed E-state index contributed by atoms with van der Waals surface area (Å²) in [5.74, 6) is 1.63. The fraction of sp³-hybridized carbons (Fsp3) is 0.571. The lowest BCUT2D eigenvalue weighted by atomic mass is 10.1. The maximum Gasteiger partial charge on any atom is 0.123 e. The monoisotopic (exact) mass is 234 g/mol. The predicted octanol–water partition coefficient (Wildman–Crippen LogP) is 1.86. The zero-order chi connectivity index (χ0) is 12.3. The van der Waals surface area contributed by atoms with E-state index in [1.807, 2.05) is 12.1 Å². The normalized spacial score (nSPS) is 25.1. The molecule has 17 heavy (non-hydrogen) atoms. The van der Waals surface area contributed by atoms with E-state index in [1.165, 1.54) is 12.0 Å². The smallest absolute Gasteiger partial charge is 0.123 e. The van der Waals surface area contributed by atoms with Gasteiger partial charge in [-0.1, -0.05) is 18.2 Å². The molecule has 0 aliphatic carbocycles. The molecule has 3 heteroatoms. The molecular formula is C14H22N2O. The second-order valence-corrected chi connectivity index (χ2v) is 4.93. The summed E-state index contributed by atoms with van der Waals surface area (Å²) in [7, 11) is 1.73. The molecule has 0 saturated carbocycles. The first kappa shape index (κ1) is 12.4. The van der Waals surface area contributed by atoms with Crippen LogP contribution in [0.3, 0.4) is 0 Å². The van der Waals surface area contributed by atoms with E-state index >= 15 is 0 Å². The quantitative estimate of drug-likeness (QED) is 0.864. The highest BCUT2D eigenvalue weighted by atomic mass is 16.5. The maximum atomic E-state index is 5.76. The van der Waals surface area contributed by atoms with E-state index in [0.29, 0.717) is 12.0 Å². The fourth-order valence-electron chi connectivity index (χ4n) is 2.66. The maximum absolute atomic E-state index is 5.76. The zero-order valence-corrected chi connectivity index (χ0v) is 10.7.